The monoisotopic (exact) mass is 1140 g/mol. The van der Waals surface area contributed by atoms with Gasteiger partial charge in [-0.25, -0.2) is 0 Å². The van der Waals surface area contributed by atoms with Crippen molar-refractivity contribution in [3.05, 3.63) is 97.2 Å². The lowest BCUT2D eigenvalue weighted by Gasteiger charge is -2.28. The Bertz CT molecular complexity index is 1670. The summed E-state index contributed by atoms with van der Waals surface area (Å²) < 4.78 is 34.2. The van der Waals surface area contributed by atoms with Crippen LogP contribution in [0.2, 0.25) is 0 Å². The number of nitrogens with zero attached hydrogens (tertiary/aromatic N) is 1. The van der Waals surface area contributed by atoms with E-state index in [1.807, 2.05) is 21.1 Å². The molecule has 0 aliphatic rings. The van der Waals surface area contributed by atoms with Gasteiger partial charge in [-0.05, 0) is 96.3 Å². The molecule has 0 fully saturated rings. The smallest absolute Gasteiger partial charge is 0.306 e. The Morgan fingerprint density at radius 2 is 0.713 bits per heavy atom. The minimum Gasteiger partial charge on any atom is -0.756 e. The second-order valence-electron chi connectivity index (χ2n) is 23.1. The van der Waals surface area contributed by atoms with Crippen molar-refractivity contribution in [1.82, 2.24) is 0 Å². The molecule has 0 heterocycles. The van der Waals surface area contributed by atoms with Crippen LogP contribution >= 0.6 is 7.82 Å². The Morgan fingerprint density at radius 3 is 1.07 bits per heavy atom. The highest BCUT2D eigenvalue weighted by Crippen LogP contribution is 2.38. The number of hydrogen-bond donors (Lipinski definition) is 0. The number of carbonyl (C=O) groups excluding carboxylic acids is 2. The van der Waals surface area contributed by atoms with Gasteiger partial charge in [0.05, 0.1) is 27.7 Å². The van der Waals surface area contributed by atoms with Gasteiger partial charge < -0.3 is 27.9 Å². The number of esters is 2. The summed E-state index contributed by atoms with van der Waals surface area (Å²) in [6.07, 6.45) is 83.4. The second kappa shape index (κ2) is 60.5. The zero-order valence-electron chi connectivity index (χ0n) is 52.5. The predicted octanol–water partition coefficient (Wildman–Crippen LogP) is 20.5. The minimum atomic E-state index is -4.64. The van der Waals surface area contributed by atoms with Gasteiger partial charge in [0.15, 0.2) is 6.10 Å². The van der Waals surface area contributed by atoms with Gasteiger partial charge in [0, 0.05) is 12.8 Å². The van der Waals surface area contributed by atoms with Crippen molar-refractivity contribution in [2.45, 2.75) is 290 Å². The third kappa shape index (κ3) is 64.1. The highest BCUT2D eigenvalue weighted by atomic mass is 31.2. The Hall–Kier alpha value is -3.07. The Kier molecular flexibility index (Phi) is 58.2. The molecule has 10 heteroatoms. The molecule has 0 bridgehead atoms. The number of quaternary nitrogens is 1. The van der Waals surface area contributed by atoms with Gasteiger partial charge in [0.2, 0.25) is 0 Å². The van der Waals surface area contributed by atoms with E-state index in [2.05, 4.69) is 111 Å². The molecule has 0 N–H and O–H groups in total. The highest BCUT2D eigenvalue weighted by molar-refractivity contribution is 7.45. The van der Waals surface area contributed by atoms with E-state index in [0.29, 0.717) is 17.4 Å². The van der Waals surface area contributed by atoms with Crippen LogP contribution in [0.1, 0.15) is 284 Å². The molecule has 0 radical (unpaired) electrons. The first kappa shape index (κ1) is 76.9. The molecule has 0 aliphatic carbocycles. The van der Waals surface area contributed by atoms with Crippen LogP contribution in [-0.4, -0.2) is 70.0 Å². The Morgan fingerprint density at radius 1 is 0.400 bits per heavy atom. The average molecular weight is 1140 g/mol. The van der Waals surface area contributed by atoms with Crippen LogP contribution in [0.15, 0.2) is 97.2 Å². The van der Waals surface area contributed by atoms with Gasteiger partial charge >= 0.3 is 11.9 Å². The zero-order valence-corrected chi connectivity index (χ0v) is 53.4. The van der Waals surface area contributed by atoms with E-state index in [1.165, 1.54) is 148 Å². The van der Waals surface area contributed by atoms with Gasteiger partial charge in [-0.1, -0.05) is 272 Å². The lowest BCUT2D eigenvalue weighted by molar-refractivity contribution is -0.870. The zero-order chi connectivity index (χ0) is 58.4. The maximum Gasteiger partial charge on any atom is 0.306 e. The summed E-state index contributed by atoms with van der Waals surface area (Å²) >= 11 is 0. The van der Waals surface area contributed by atoms with E-state index >= 15 is 0 Å². The first-order valence-electron chi connectivity index (χ1n) is 32.9. The molecular weight excluding hydrogens is 1010 g/mol. The first-order chi connectivity index (χ1) is 39.0. The van der Waals surface area contributed by atoms with Crippen molar-refractivity contribution in [2.24, 2.45) is 0 Å². The van der Waals surface area contributed by atoms with E-state index in [0.717, 1.165) is 103 Å². The molecule has 0 aromatic heterocycles. The minimum absolute atomic E-state index is 0.0331. The second-order valence-corrected chi connectivity index (χ2v) is 24.5. The van der Waals surface area contributed by atoms with Gasteiger partial charge in [0.1, 0.15) is 19.8 Å². The van der Waals surface area contributed by atoms with Crippen LogP contribution in [0.5, 0.6) is 0 Å². The molecule has 462 valence electrons. The summed E-state index contributed by atoms with van der Waals surface area (Å²) in [5, 5.41) is 0. The van der Waals surface area contributed by atoms with Crippen LogP contribution < -0.4 is 4.89 Å². The number of carbonyl (C=O) groups is 2. The Balaban J connectivity index is 3.95. The normalized spacial score (nSPS) is 13.8. The van der Waals surface area contributed by atoms with Crippen LogP contribution in [0.25, 0.3) is 0 Å². The third-order valence-corrected chi connectivity index (χ3v) is 15.1. The van der Waals surface area contributed by atoms with Gasteiger partial charge in [-0.3, -0.25) is 14.2 Å². The summed E-state index contributed by atoms with van der Waals surface area (Å²) in [6.45, 7) is 4.13. The fourth-order valence-corrected chi connectivity index (χ4v) is 9.77. The maximum absolute atomic E-state index is 12.8. The molecule has 0 amide bonds. The summed E-state index contributed by atoms with van der Waals surface area (Å²) in [5.74, 6) is -0.836. The van der Waals surface area contributed by atoms with Gasteiger partial charge in [-0.15, -0.1) is 0 Å². The van der Waals surface area contributed by atoms with Crippen LogP contribution in [0.3, 0.4) is 0 Å². The summed E-state index contributed by atoms with van der Waals surface area (Å²) in [4.78, 5) is 37.9. The molecule has 80 heavy (non-hydrogen) atoms. The largest absolute Gasteiger partial charge is 0.756 e. The van der Waals surface area contributed by atoms with Crippen molar-refractivity contribution < 1.29 is 42.1 Å². The van der Waals surface area contributed by atoms with E-state index in [4.69, 9.17) is 18.5 Å². The Labute approximate surface area is 493 Å². The number of allylic oxidation sites excluding steroid dienone is 16. The molecule has 0 aromatic carbocycles. The third-order valence-electron chi connectivity index (χ3n) is 14.1. The predicted molar refractivity (Wildman–Crippen MR) is 342 cm³/mol. The molecule has 0 spiro atoms. The fourth-order valence-electron chi connectivity index (χ4n) is 9.04. The number of hydrogen-bond acceptors (Lipinski definition) is 8. The standard InChI is InChI=1S/C70H124NO8P/c1-6-8-10-12-14-16-18-20-22-23-24-25-26-27-28-29-30-31-32-33-34-35-36-37-38-39-40-41-42-43-44-45-46-47-49-51-53-55-57-59-61-63-70(73)79-68(67-78-80(74,75)77-65-64-71(3,4)5)66-76-69(72)62-60-58-56-54-52-50-48-21-19-17-15-13-11-9-7-2/h8,10,14,16,20-22,24-25,27-28,30-31,33-34,48,68H,6-7,9,11-13,15,17-19,23,26,29,32,35-47,49-67H2,1-5H3/b10-8-,16-14-,22-20-,25-24-,28-27-,31-30-,34-33-,48-21-. The molecule has 0 aliphatic heterocycles. The number of ether oxygens (including phenoxy) is 2. The number of likely N-dealkylation sites (N-methyl/N-ethyl adjacent to an activating group) is 1. The molecule has 0 rings (SSSR count). The van der Waals surface area contributed by atoms with Crippen LogP contribution in [0.4, 0.5) is 0 Å². The van der Waals surface area contributed by atoms with Crippen molar-refractivity contribution in [2.75, 3.05) is 47.5 Å². The molecule has 0 aromatic rings. The molecule has 2 atom stereocenters. The quantitative estimate of drug-likeness (QED) is 0.0195. The molecule has 2 unspecified atom stereocenters. The van der Waals surface area contributed by atoms with E-state index < -0.39 is 26.5 Å². The van der Waals surface area contributed by atoms with Crippen molar-refractivity contribution >= 4 is 19.8 Å². The van der Waals surface area contributed by atoms with Gasteiger partial charge in [-0.2, -0.15) is 0 Å². The van der Waals surface area contributed by atoms with Crippen molar-refractivity contribution in [3.63, 3.8) is 0 Å². The van der Waals surface area contributed by atoms with E-state index in [-0.39, 0.29) is 32.0 Å². The van der Waals surface area contributed by atoms with Gasteiger partial charge in [0.25, 0.3) is 7.82 Å². The number of rotatable bonds is 60. The number of phosphoric acid groups is 1. The number of unbranched alkanes of at least 4 members (excludes halogenated alkanes) is 30. The van der Waals surface area contributed by atoms with Crippen molar-refractivity contribution in [1.29, 1.82) is 0 Å². The topological polar surface area (TPSA) is 111 Å². The van der Waals surface area contributed by atoms with Crippen molar-refractivity contribution in [3.8, 4) is 0 Å². The van der Waals surface area contributed by atoms with E-state index in [9.17, 15) is 19.0 Å². The highest BCUT2D eigenvalue weighted by Gasteiger charge is 2.22. The van der Waals surface area contributed by atoms with E-state index in [1.54, 1.807) is 0 Å². The summed E-state index contributed by atoms with van der Waals surface area (Å²) in [6, 6.07) is 0. The van der Waals surface area contributed by atoms with Crippen LogP contribution in [-0.2, 0) is 32.7 Å². The van der Waals surface area contributed by atoms with Crippen LogP contribution in [0, 0.1) is 0 Å². The molecule has 0 saturated carbocycles. The SMILES string of the molecule is CC/C=C\C/C=C\C/C=C\C/C=C\C/C=C\C/C=C\C/C=C\CCCCCCCCCCCCCCCCCCCCCC(=O)OC(COC(=O)CCCCCCC/C=C\CCCCCCCC)COP(=O)([O-])OCC[N+](C)(C)C. The molecular formula is C70H124NO8P. The lowest BCUT2D eigenvalue weighted by Crippen LogP contribution is -2.37. The lowest BCUT2D eigenvalue weighted by atomic mass is 10.0. The maximum atomic E-state index is 12.8. The number of phosphoric ester groups is 1. The molecule has 9 nitrogen and oxygen atoms in total. The average Bonchev–Trinajstić information content (AvgIpc) is 3.42. The molecule has 0 saturated heterocycles. The summed E-state index contributed by atoms with van der Waals surface area (Å²) in [5.41, 5.74) is 0. The summed E-state index contributed by atoms with van der Waals surface area (Å²) in [7, 11) is 1.16. The first-order valence-corrected chi connectivity index (χ1v) is 34.4. The fraction of sp³-hybridized carbons (Fsp3) is 0.743.